The molecule has 5 aliphatic heterocycles. The number of methoxy groups -OCH3 is 1. The van der Waals surface area contributed by atoms with Gasteiger partial charge in [0.15, 0.2) is 18.2 Å². The molecule has 7 N–H and O–H groups in total. The maximum Gasteiger partial charge on any atom is 0.317 e. The van der Waals surface area contributed by atoms with Crippen LogP contribution in [0.1, 0.15) is 68.1 Å². The van der Waals surface area contributed by atoms with Gasteiger partial charge in [0.2, 0.25) is 17.8 Å². The summed E-state index contributed by atoms with van der Waals surface area (Å²) in [6.45, 7) is 5.76. The van der Waals surface area contributed by atoms with Crippen LogP contribution in [-0.4, -0.2) is 198 Å². The highest BCUT2D eigenvalue weighted by Crippen LogP contribution is 2.42. The van der Waals surface area contributed by atoms with Gasteiger partial charge in [-0.25, -0.2) is 24.0 Å². The fourth-order valence-corrected chi connectivity index (χ4v) is 12.2. The molecular formula is C60H80ClF2N15O10. The van der Waals surface area contributed by atoms with E-state index in [0.717, 1.165) is 41.8 Å². The van der Waals surface area contributed by atoms with Crippen molar-refractivity contribution in [3.05, 3.63) is 86.1 Å². The largest absolute Gasteiger partial charge is 0.494 e. The summed E-state index contributed by atoms with van der Waals surface area (Å²) in [5, 5.41) is 14.6. The monoisotopic (exact) mass is 1240 g/mol. The molecule has 4 aromatic rings. The van der Waals surface area contributed by atoms with Crippen LogP contribution in [0, 0.1) is 5.92 Å². The van der Waals surface area contributed by atoms with Gasteiger partial charge in [-0.15, -0.1) is 0 Å². The Morgan fingerprint density at radius 2 is 1.64 bits per heavy atom. The Bertz CT molecular complexity index is 3320. The number of hydrogen-bond acceptors (Lipinski definition) is 19. The van der Waals surface area contributed by atoms with Crippen molar-refractivity contribution in [3.63, 3.8) is 0 Å². The predicted octanol–water partition coefficient (Wildman–Crippen LogP) is 4.46. The molecule has 2 aromatic carbocycles. The molecule has 0 spiro atoms. The molecule has 2 saturated heterocycles. The molecule has 2 aromatic heterocycles. The first-order valence-electron chi connectivity index (χ1n) is 29.8. The summed E-state index contributed by atoms with van der Waals surface area (Å²) in [7, 11) is 7.77. The Morgan fingerprint density at radius 3 is 2.33 bits per heavy atom. The number of rotatable bonds is 25. The molecule has 28 heteroatoms. The van der Waals surface area contributed by atoms with Gasteiger partial charge in [0.1, 0.15) is 16.9 Å². The Labute approximate surface area is 514 Å². The first-order chi connectivity index (χ1) is 42.6. The minimum absolute atomic E-state index is 0.00230. The molecule has 0 saturated carbocycles. The highest BCUT2D eigenvalue weighted by molar-refractivity contribution is 6.33. The molecule has 7 heterocycles. The number of benzene rings is 2. The van der Waals surface area contributed by atoms with Crippen LogP contribution in [0.2, 0.25) is 5.02 Å². The van der Waals surface area contributed by atoms with E-state index in [1.807, 2.05) is 15.9 Å². The summed E-state index contributed by atoms with van der Waals surface area (Å²) < 4.78 is 59.2. The van der Waals surface area contributed by atoms with Gasteiger partial charge in [-0.05, 0) is 73.9 Å². The molecule has 1 unspecified atom stereocenters. The SMILES string of the molecule is CN=CC(=CN)c1cc2c(cc1C(F)F)N(C1NN(C3CCN(C(=O)CCOCCOCCOCCNC(=O)C4CCN(c5ncc(Cl)c(Nc6cc(OC)c7c(c6)cc(OCC(=O)NC)c(=O)n7C)n5)CC4)CC3)C3=C1CN(C(=O)NC)CC3)CCC2. The topological polar surface area (TPSA) is 277 Å². The van der Waals surface area contributed by atoms with Crippen molar-refractivity contribution in [1.82, 2.24) is 50.7 Å². The number of fused-ring (bicyclic) bond motifs is 2. The van der Waals surface area contributed by atoms with Gasteiger partial charge in [0.05, 0.1) is 64.9 Å². The van der Waals surface area contributed by atoms with Crippen LogP contribution in [0.4, 0.5) is 36.7 Å². The molecule has 2 fully saturated rings. The van der Waals surface area contributed by atoms with Crippen molar-refractivity contribution in [2.45, 2.75) is 70.0 Å². The molecule has 9 rings (SSSR count). The molecule has 5 amide bonds. The van der Waals surface area contributed by atoms with E-state index < -0.39 is 12.0 Å². The third kappa shape index (κ3) is 15.2. The van der Waals surface area contributed by atoms with E-state index >= 15 is 0 Å². The van der Waals surface area contributed by atoms with Crippen molar-refractivity contribution in [2.24, 2.45) is 23.7 Å². The Hall–Kier alpha value is -7.85. The molecule has 476 valence electrons. The summed E-state index contributed by atoms with van der Waals surface area (Å²) in [5.74, 6) is 0.620. The number of anilines is 4. The smallest absolute Gasteiger partial charge is 0.317 e. The summed E-state index contributed by atoms with van der Waals surface area (Å²) in [6, 6.07) is 8.38. The number of ether oxygens (including phenoxy) is 5. The lowest BCUT2D eigenvalue weighted by molar-refractivity contribution is -0.134. The molecule has 1 atom stereocenters. The van der Waals surface area contributed by atoms with Crippen molar-refractivity contribution in [2.75, 3.05) is 142 Å². The second kappa shape index (κ2) is 30.4. The molecule has 25 nitrogen and oxygen atoms in total. The maximum atomic E-state index is 14.8. The number of hydrazine groups is 1. The van der Waals surface area contributed by atoms with Gasteiger partial charge in [-0.1, -0.05) is 11.6 Å². The number of hydrogen-bond donors (Lipinski definition) is 6. The number of piperidine rings is 2. The molecule has 0 bridgehead atoms. The lowest BCUT2D eigenvalue weighted by Crippen LogP contribution is -2.55. The van der Waals surface area contributed by atoms with Gasteiger partial charge in [0.25, 0.3) is 17.9 Å². The van der Waals surface area contributed by atoms with E-state index in [1.54, 1.807) is 50.3 Å². The number of aliphatic imine (C=N–C) groups is 1. The molecule has 0 radical (unpaired) electrons. The number of nitrogens with one attached hydrogen (secondary N) is 5. The van der Waals surface area contributed by atoms with Crippen LogP contribution >= 0.6 is 11.6 Å². The fourth-order valence-electron chi connectivity index (χ4n) is 12.0. The number of allylic oxidation sites excluding steroid dienone is 1. The summed E-state index contributed by atoms with van der Waals surface area (Å²) in [6.07, 6.45) is 6.25. The number of nitrogens with two attached hydrogens (primary N) is 1. The van der Waals surface area contributed by atoms with Crippen LogP contribution in [0.15, 0.2) is 63.8 Å². The van der Waals surface area contributed by atoms with Gasteiger partial charge < -0.3 is 79.9 Å². The standard InChI is InChI=1S/C60H80ClF2N15O10/c1-65-33-40(32-64)43-28-38-7-6-15-77(48(38)31-44(43)54(62)63)56-45-35-76(60(83)67-3)20-12-47(45)78(72-56)42-10-18-74(19-11-42)52(80)13-21-85-23-25-87-26-24-86-22-14-68-57(81)37-8-16-75(17-9-37)59-69-34-46(61)55(71-59)70-41-27-39-29-50(88-36-51(79)66-2)58(82)73(4)53(39)49(30-41)84-5/h27-34,37,42,54,56,72H,6-26,35-36,64H2,1-5H3,(H,66,79)(H,67,83)(H,68,81)(H,69,70,71). The Balaban J connectivity index is 0.649. The normalized spacial score (nSPS) is 17.7. The molecular weight excluding hydrogens is 1160 g/mol. The average Bonchev–Trinajstić information content (AvgIpc) is 2.47. The van der Waals surface area contributed by atoms with Crippen molar-refractivity contribution in [3.8, 4) is 11.5 Å². The zero-order valence-electron chi connectivity index (χ0n) is 50.5. The van der Waals surface area contributed by atoms with Gasteiger partial charge in [-0.2, -0.15) is 4.98 Å². The number of likely N-dealkylation sites (N-methyl/N-ethyl adjacent to an activating group) is 1. The number of nitrogens with zero attached hydrogens (tertiary/aromatic N) is 9. The van der Waals surface area contributed by atoms with Crippen molar-refractivity contribution >= 4 is 81.2 Å². The zero-order chi connectivity index (χ0) is 62.4. The first kappa shape index (κ1) is 64.6. The van der Waals surface area contributed by atoms with Crippen LogP contribution < -0.4 is 57.3 Å². The summed E-state index contributed by atoms with van der Waals surface area (Å²) in [5.41, 5.74) is 14.8. The predicted molar refractivity (Wildman–Crippen MR) is 330 cm³/mol. The molecule has 0 aliphatic carbocycles. The molecule has 5 aliphatic rings. The number of pyridine rings is 1. The van der Waals surface area contributed by atoms with Gasteiger partial charge in [-0.3, -0.25) is 24.2 Å². The maximum absolute atomic E-state index is 14.8. The van der Waals surface area contributed by atoms with Crippen LogP contribution in [0.3, 0.4) is 0 Å². The number of alkyl halides is 2. The van der Waals surface area contributed by atoms with Crippen molar-refractivity contribution < 1.29 is 51.6 Å². The van der Waals surface area contributed by atoms with E-state index in [1.165, 1.54) is 37.3 Å². The average molecular weight is 1240 g/mol. The summed E-state index contributed by atoms with van der Waals surface area (Å²) in [4.78, 5) is 85.3. The number of aromatic nitrogens is 3. The first-order valence-corrected chi connectivity index (χ1v) is 30.2. The lowest BCUT2D eigenvalue weighted by atomic mass is 9.91. The van der Waals surface area contributed by atoms with E-state index in [-0.39, 0.29) is 77.8 Å². The zero-order valence-corrected chi connectivity index (χ0v) is 51.3. The number of halogens is 3. The highest BCUT2D eigenvalue weighted by Gasteiger charge is 2.43. The number of urea groups is 1. The van der Waals surface area contributed by atoms with Crippen LogP contribution in [0.5, 0.6) is 11.5 Å². The van der Waals surface area contributed by atoms with Crippen LogP contribution in [0.25, 0.3) is 16.5 Å². The van der Waals surface area contributed by atoms with Crippen LogP contribution in [-0.2, 0) is 42.1 Å². The van der Waals surface area contributed by atoms with Gasteiger partial charge in [0, 0.05) is 157 Å². The number of amides is 5. The van der Waals surface area contributed by atoms with Crippen molar-refractivity contribution in [1.29, 1.82) is 0 Å². The van der Waals surface area contributed by atoms with E-state index in [4.69, 9.17) is 46.0 Å². The fraction of sp³-hybridized carbons (Fsp3) is 0.533. The highest BCUT2D eigenvalue weighted by atomic mass is 35.5. The second-order valence-corrected chi connectivity index (χ2v) is 22.4. The van der Waals surface area contributed by atoms with E-state index in [0.29, 0.717) is 156 Å². The second-order valence-electron chi connectivity index (χ2n) is 22.0. The van der Waals surface area contributed by atoms with E-state index in [2.05, 4.69) is 46.6 Å². The Kier molecular flexibility index (Phi) is 22.3. The number of carbonyl (C=O) groups excluding carboxylic acids is 4. The number of likely N-dealkylation sites (tertiary alicyclic amines) is 1. The lowest BCUT2D eigenvalue weighted by Gasteiger charge is -2.41. The quantitative estimate of drug-likeness (QED) is 0.0395. The minimum atomic E-state index is -2.74. The Morgan fingerprint density at radius 1 is 0.898 bits per heavy atom. The number of aryl methyl sites for hydroxylation is 2. The van der Waals surface area contributed by atoms with Gasteiger partial charge >= 0.3 is 6.03 Å². The summed E-state index contributed by atoms with van der Waals surface area (Å²) >= 11 is 6.57. The molecule has 88 heavy (non-hydrogen) atoms. The minimum Gasteiger partial charge on any atom is -0.494 e. The van der Waals surface area contributed by atoms with E-state index in [9.17, 15) is 32.8 Å². The third-order valence-corrected chi connectivity index (χ3v) is 16.9. The number of carbonyl (C=O) groups is 4. The third-order valence-electron chi connectivity index (χ3n) is 16.6.